The van der Waals surface area contributed by atoms with Crippen molar-refractivity contribution in [2.75, 3.05) is 19.6 Å². The number of para-hydroxylation sites is 1. The molecule has 4 amide bonds. The zero-order valence-corrected chi connectivity index (χ0v) is 18.4. The van der Waals surface area contributed by atoms with Crippen LogP contribution in [-0.2, 0) is 20.8 Å². The van der Waals surface area contributed by atoms with Crippen LogP contribution in [0, 0.1) is 6.92 Å². The highest BCUT2D eigenvalue weighted by atomic mass is 16.5. The fourth-order valence-electron chi connectivity index (χ4n) is 4.05. The van der Waals surface area contributed by atoms with E-state index in [9.17, 15) is 29.3 Å². The van der Waals surface area contributed by atoms with Gasteiger partial charge in [-0.1, -0.05) is 18.2 Å². The van der Waals surface area contributed by atoms with Crippen LogP contribution in [0.4, 0.5) is 4.79 Å². The maximum Gasteiger partial charge on any atom is 0.526 e. The van der Waals surface area contributed by atoms with Gasteiger partial charge in [-0.2, -0.15) is 0 Å². The first-order chi connectivity index (χ1) is 15.1. The molecule has 0 saturated carbocycles. The molecule has 3 atom stereocenters. The van der Waals surface area contributed by atoms with Gasteiger partial charge in [-0.3, -0.25) is 19.3 Å². The average molecular weight is 445 g/mol. The maximum atomic E-state index is 12.9. The number of ketones is 1. The smallest absolute Gasteiger partial charge is 0.526 e. The monoisotopic (exact) mass is 445 g/mol. The van der Waals surface area contributed by atoms with Gasteiger partial charge in [0.2, 0.25) is 0 Å². The van der Waals surface area contributed by atoms with Gasteiger partial charge in [0.1, 0.15) is 11.8 Å². The Labute approximate surface area is 186 Å². The zero-order valence-electron chi connectivity index (χ0n) is 18.4. The topological polar surface area (TPSA) is 136 Å². The number of urea groups is 1. The number of aliphatic hydroxyl groups is 1. The quantitative estimate of drug-likeness (QED) is 0.411. The molecule has 10 nitrogen and oxygen atoms in total. The summed E-state index contributed by atoms with van der Waals surface area (Å²) in [5.41, 5.74) is 1.74. The van der Waals surface area contributed by atoms with Gasteiger partial charge in [-0.15, -0.1) is 0 Å². The second-order valence-corrected chi connectivity index (χ2v) is 8.22. The fourth-order valence-corrected chi connectivity index (χ4v) is 4.05. The summed E-state index contributed by atoms with van der Waals surface area (Å²) in [5.74, 6) is -2.24. The lowest BCUT2D eigenvalue weighted by molar-refractivity contribution is -0.153. The van der Waals surface area contributed by atoms with Crippen LogP contribution in [0.5, 0.6) is 5.75 Å². The van der Waals surface area contributed by atoms with E-state index in [0.717, 1.165) is 16.0 Å². The van der Waals surface area contributed by atoms with Crippen LogP contribution in [0.15, 0.2) is 18.2 Å². The van der Waals surface area contributed by atoms with Gasteiger partial charge >= 0.3 is 25.0 Å². The number of benzene rings is 1. The third-order valence-corrected chi connectivity index (χ3v) is 5.92. The molecule has 32 heavy (non-hydrogen) atoms. The second kappa shape index (κ2) is 9.70. The van der Waals surface area contributed by atoms with Crippen LogP contribution >= 0.6 is 0 Å². The number of Topliss-reactive ketones (excluding diaryl/α,β-unsaturated/α-hetero) is 1. The molecule has 1 aromatic rings. The van der Waals surface area contributed by atoms with E-state index in [1.165, 1.54) is 11.8 Å². The Morgan fingerprint density at radius 1 is 1.28 bits per heavy atom. The van der Waals surface area contributed by atoms with Crippen molar-refractivity contribution in [3.8, 4) is 5.75 Å². The number of nitrogens with one attached hydrogen (secondary N) is 1. The number of hydrogen-bond donors (Lipinski definition) is 3. The molecule has 0 aliphatic carbocycles. The molecule has 3 N–H and O–H groups in total. The highest BCUT2D eigenvalue weighted by molar-refractivity contribution is 6.46. The third kappa shape index (κ3) is 4.78. The van der Waals surface area contributed by atoms with Gasteiger partial charge in [-0.25, -0.2) is 4.79 Å². The van der Waals surface area contributed by atoms with Gasteiger partial charge in [-0.05, 0) is 38.3 Å². The molecule has 2 heterocycles. The first kappa shape index (κ1) is 23.7. The lowest BCUT2D eigenvalue weighted by Gasteiger charge is -2.33. The summed E-state index contributed by atoms with van der Waals surface area (Å²) in [6.45, 7) is 5.48. The fraction of sp³-hybridized carbons (Fsp3) is 0.524. The number of likely N-dealkylation sites (N-methyl/N-ethyl adjacent to an activating group) is 1. The summed E-state index contributed by atoms with van der Waals surface area (Å²) >= 11 is 0. The lowest BCUT2D eigenvalue weighted by atomic mass is 9.64. The van der Waals surface area contributed by atoms with Crippen molar-refractivity contribution in [1.82, 2.24) is 15.1 Å². The van der Waals surface area contributed by atoms with Crippen molar-refractivity contribution >= 4 is 30.7 Å². The number of piperazine rings is 1. The number of rotatable bonds is 6. The number of carbonyl (C=O) groups is 4. The number of nitrogens with zero attached hydrogens (tertiary/aromatic N) is 2. The molecule has 1 saturated heterocycles. The maximum absolute atomic E-state index is 12.9. The third-order valence-electron chi connectivity index (χ3n) is 5.92. The molecule has 2 aliphatic rings. The van der Waals surface area contributed by atoms with Crippen LogP contribution in [0.3, 0.4) is 0 Å². The van der Waals surface area contributed by atoms with E-state index in [4.69, 9.17) is 4.65 Å². The minimum atomic E-state index is -1.30. The molecular formula is C21H28BN3O7. The molecule has 2 aliphatic heterocycles. The Kier molecular flexibility index (Phi) is 7.20. The number of amides is 4. The molecule has 11 heteroatoms. The number of carbonyl (C=O) groups excluding carboxylic acids is 4. The van der Waals surface area contributed by atoms with Gasteiger partial charge in [0.15, 0.2) is 5.78 Å². The van der Waals surface area contributed by atoms with Gasteiger partial charge in [0.25, 0.3) is 0 Å². The lowest BCUT2D eigenvalue weighted by Crippen LogP contribution is -2.61. The normalized spacial score (nSPS) is 20.4. The molecule has 0 radical (unpaired) electrons. The number of hydrogen-bond acceptors (Lipinski definition) is 7. The van der Waals surface area contributed by atoms with E-state index in [1.807, 2.05) is 25.1 Å². The van der Waals surface area contributed by atoms with Crippen molar-refractivity contribution < 1.29 is 34.0 Å². The predicted molar refractivity (Wildman–Crippen MR) is 115 cm³/mol. The summed E-state index contributed by atoms with van der Waals surface area (Å²) < 4.78 is 5.60. The van der Waals surface area contributed by atoms with E-state index in [0.29, 0.717) is 18.7 Å². The Morgan fingerprint density at radius 3 is 2.66 bits per heavy atom. The molecule has 0 spiro atoms. The standard InChI is InChI=1S/C21H28BN3O7/c1-4-24-8-9-25(20(29)19(24)28)21(30)23-17(13(3)26)16(27)11-15-10-14-7-5-6-12(2)18(14)32-22(15)31/h5-7,13,15,17,26,31H,4,8-11H2,1-3H3,(H,23,30)/t13-,15-,17-/m1/s1. The second-order valence-electron chi connectivity index (χ2n) is 8.22. The van der Waals surface area contributed by atoms with Gasteiger partial charge in [0.05, 0.1) is 6.10 Å². The molecule has 1 fully saturated rings. The molecule has 172 valence electrons. The first-order valence-corrected chi connectivity index (χ1v) is 10.7. The van der Waals surface area contributed by atoms with Crippen LogP contribution in [0.2, 0.25) is 5.82 Å². The summed E-state index contributed by atoms with van der Waals surface area (Å²) in [4.78, 5) is 51.9. The van der Waals surface area contributed by atoms with Gasteiger partial charge < -0.3 is 25.0 Å². The summed E-state index contributed by atoms with van der Waals surface area (Å²) in [7, 11) is -1.21. The average Bonchev–Trinajstić information content (AvgIpc) is 2.74. The Balaban J connectivity index is 1.67. The van der Waals surface area contributed by atoms with Crippen LogP contribution < -0.4 is 9.97 Å². The minimum absolute atomic E-state index is 0.00369. The summed E-state index contributed by atoms with van der Waals surface area (Å²) in [6, 6.07) is 3.37. The number of imide groups is 1. The molecule has 0 unspecified atom stereocenters. The summed E-state index contributed by atoms with van der Waals surface area (Å²) in [5, 5.41) is 22.9. The van der Waals surface area contributed by atoms with E-state index >= 15 is 0 Å². The minimum Gasteiger partial charge on any atom is -0.536 e. The van der Waals surface area contributed by atoms with Crippen molar-refractivity contribution in [1.29, 1.82) is 0 Å². The van der Waals surface area contributed by atoms with E-state index < -0.39 is 48.7 Å². The highest BCUT2D eigenvalue weighted by Gasteiger charge is 2.40. The highest BCUT2D eigenvalue weighted by Crippen LogP contribution is 2.36. The van der Waals surface area contributed by atoms with Crippen molar-refractivity contribution in [3.05, 3.63) is 29.3 Å². The van der Waals surface area contributed by atoms with Crippen LogP contribution in [0.1, 0.15) is 31.4 Å². The Morgan fingerprint density at radius 2 is 2.00 bits per heavy atom. The number of fused-ring (bicyclic) bond motifs is 1. The molecule has 1 aromatic carbocycles. The number of aryl methyl sites for hydroxylation is 1. The van der Waals surface area contributed by atoms with Crippen LogP contribution in [-0.4, -0.2) is 82.5 Å². The van der Waals surface area contributed by atoms with Crippen LogP contribution in [0.25, 0.3) is 0 Å². The van der Waals surface area contributed by atoms with Crippen molar-refractivity contribution in [2.24, 2.45) is 0 Å². The molecule has 3 rings (SSSR count). The van der Waals surface area contributed by atoms with E-state index in [-0.39, 0.29) is 19.5 Å². The largest absolute Gasteiger partial charge is 0.536 e. The predicted octanol–water partition coefficient (Wildman–Crippen LogP) is -0.110. The number of aliphatic hydroxyl groups excluding tert-OH is 1. The molecule has 0 bridgehead atoms. The van der Waals surface area contributed by atoms with Crippen molar-refractivity contribution in [2.45, 2.75) is 51.6 Å². The molecule has 0 aromatic heterocycles. The SMILES string of the molecule is CCN1CCN(C(=O)N[C@@H](C(=O)C[C@H]2Cc3cccc(C)c3OB2O)[C@@H](C)O)C(=O)C1=O. The zero-order chi connectivity index (χ0) is 23.6. The summed E-state index contributed by atoms with van der Waals surface area (Å²) in [6.07, 6.45) is -0.998. The van der Waals surface area contributed by atoms with E-state index in [2.05, 4.69) is 5.32 Å². The Hall–Kier alpha value is -2.92. The van der Waals surface area contributed by atoms with Gasteiger partial charge in [0, 0.05) is 31.9 Å². The molecular weight excluding hydrogens is 417 g/mol. The Bertz CT molecular complexity index is 923. The van der Waals surface area contributed by atoms with E-state index in [1.54, 1.807) is 6.92 Å². The first-order valence-electron chi connectivity index (χ1n) is 10.7. The van der Waals surface area contributed by atoms with Crippen molar-refractivity contribution in [3.63, 3.8) is 0 Å².